The number of halogens is 3. The van der Waals surface area contributed by atoms with Gasteiger partial charge in [0.15, 0.2) is 0 Å². The molecular formula is C24H33Cl3N4O. The average molecular weight is 500 g/mol. The van der Waals surface area contributed by atoms with E-state index in [9.17, 15) is 5.11 Å². The zero-order valence-corrected chi connectivity index (χ0v) is 21.0. The summed E-state index contributed by atoms with van der Waals surface area (Å²) in [6.07, 6.45) is 2.80. The molecule has 1 aliphatic heterocycles. The smallest absolute Gasteiger partial charge is 0.107 e. The topological polar surface area (TPSA) is 67.3 Å². The number of aryl methyl sites for hydroxylation is 2. The summed E-state index contributed by atoms with van der Waals surface area (Å²) in [7, 11) is 0. The van der Waals surface area contributed by atoms with Crippen molar-refractivity contribution in [3.8, 4) is 0 Å². The van der Waals surface area contributed by atoms with Gasteiger partial charge < -0.3 is 20.3 Å². The van der Waals surface area contributed by atoms with Crippen LogP contribution in [0.25, 0.3) is 11.0 Å². The number of hydrogen-bond donors (Lipinski definition) is 2. The van der Waals surface area contributed by atoms with Gasteiger partial charge >= 0.3 is 0 Å². The number of aliphatic hydroxyl groups is 1. The third-order valence-corrected chi connectivity index (χ3v) is 6.75. The number of hydrogen-bond acceptors (Lipinski definition) is 4. The fourth-order valence-corrected chi connectivity index (χ4v) is 5.42. The number of nitrogens with zero attached hydrogens (tertiary/aromatic N) is 3. The monoisotopic (exact) mass is 498 g/mol. The zero-order valence-electron chi connectivity index (χ0n) is 18.5. The SMILES string of the molecule is Cc1ccc2c(c1)nc(C)n2C1CCN(CC2Cc3ccc(N)cc3C2)CC1O.Cl.Cl.Cl. The minimum Gasteiger partial charge on any atom is -0.399 e. The van der Waals surface area contributed by atoms with E-state index in [0.717, 1.165) is 61.4 Å². The van der Waals surface area contributed by atoms with E-state index in [4.69, 9.17) is 10.7 Å². The number of likely N-dealkylation sites (tertiary alicyclic amines) is 1. The highest BCUT2D eigenvalue weighted by Gasteiger charge is 2.33. The van der Waals surface area contributed by atoms with Crippen molar-refractivity contribution in [3.05, 3.63) is 58.9 Å². The van der Waals surface area contributed by atoms with E-state index in [0.29, 0.717) is 5.92 Å². The number of aromatic nitrogens is 2. The van der Waals surface area contributed by atoms with E-state index >= 15 is 0 Å². The van der Waals surface area contributed by atoms with Crippen molar-refractivity contribution in [2.75, 3.05) is 25.4 Å². The molecule has 8 heteroatoms. The quantitative estimate of drug-likeness (QED) is 0.520. The predicted octanol–water partition coefficient (Wildman–Crippen LogP) is 4.52. The number of rotatable bonds is 3. The van der Waals surface area contributed by atoms with Crippen LogP contribution in [0.3, 0.4) is 0 Å². The fourth-order valence-electron chi connectivity index (χ4n) is 5.42. The molecule has 1 aromatic heterocycles. The van der Waals surface area contributed by atoms with Crippen molar-refractivity contribution in [2.24, 2.45) is 5.92 Å². The number of β-amino-alcohol motifs (C(OH)–C–C–N with tert-alkyl or cyclic N) is 1. The first-order chi connectivity index (χ1) is 14.0. The maximum atomic E-state index is 11.0. The van der Waals surface area contributed by atoms with Crippen molar-refractivity contribution in [1.82, 2.24) is 14.5 Å². The van der Waals surface area contributed by atoms with Gasteiger partial charge in [-0.05, 0) is 80.0 Å². The zero-order chi connectivity index (χ0) is 20.1. The van der Waals surface area contributed by atoms with Gasteiger partial charge in [0.2, 0.25) is 0 Å². The Balaban J connectivity index is 0.00000121. The second kappa shape index (κ2) is 10.6. The largest absolute Gasteiger partial charge is 0.399 e. The first-order valence-corrected chi connectivity index (χ1v) is 10.7. The number of nitrogen functional groups attached to an aromatic ring is 1. The Labute approximate surface area is 208 Å². The van der Waals surface area contributed by atoms with Crippen LogP contribution in [0.15, 0.2) is 36.4 Å². The first kappa shape index (κ1) is 26.7. The average Bonchev–Trinajstić information content (AvgIpc) is 3.20. The molecule has 3 N–H and O–H groups in total. The first-order valence-electron chi connectivity index (χ1n) is 10.7. The summed E-state index contributed by atoms with van der Waals surface area (Å²) >= 11 is 0. The minimum absolute atomic E-state index is 0. The van der Waals surface area contributed by atoms with Crippen molar-refractivity contribution in [3.63, 3.8) is 0 Å². The molecule has 3 aromatic rings. The lowest BCUT2D eigenvalue weighted by molar-refractivity contribution is 0.0223. The highest BCUT2D eigenvalue weighted by molar-refractivity contribution is 5.86. The molecule has 176 valence electrons. The van der Waals surface area contributed by atoms with Gasteiger partial charge in [0.25, 0.3) is 0 Å². The molecule has 1 fully saturated rings. The van der Waals surface area contributed by atoms with Crippen molar-refractivity contribution < 1.29 is 5.11 Å². The molecule has 5 nitrogen and oxygen atoms in total. The molecule has 0 amide bonds. The normalized spacial score (nSPS) is 22.5. The van der Waals surface area contributed by atoms with Gasteiger partial charge in [-0.2, -0.15) is 0 Å². The Morgan fingerprint density at radius 2 is 1.78 bits per heavy atom. The molecule has 1 saturated heterocycles. The van der Waals surface area contributed by atoms with E-state index < -0.39 is 0 Å². The number of nitrogens with two attached hydrogens (primary N) is 1. The lowest BCUT2D eigenvalue weighted by atomic mass is 9.98. The summed E-state index contributed by atoms with van der Waals surface area (Å²) in [6, 6.07) is 12.8. The van der Waals surface area contributed by atoms with Crippen molar-refractivity contribution in [1.29, 1.82) is 0 Å². The molecule has 0 radical (unpaired) electrons. The summed E-state index contributed by atoms with van der Waals surface area (Å²) in [5.74, 6) is 1.61. The molecule has 1 aliphatic carbocycles. The molecule has 32 heavy (non-hydrogen) atoms. The maximum absolute atomic E-state index is 11.0. The molecule has 3 unspecified atom stereocenters. The predicted molar refractivity (Wildman–Crippen MR) is 139 cm³/mol. The van der Waals surface area contributed by atoms with Gasteiger partial charge in [-0.1, -0.05) is 12.1 Å². The third-order valence-electron chi connectivity index (χ3n) is 6.75. The van der Waals surface area contributed by atoms with Crippen LogP contribution in [0.4, 0.5) is 5.69 Å². The van der Waals surface area contributed by atoms with E-state index in [2.05, 4.69) is 53.6 Å². The van der Waals surface area contributed by atoms with E-state index in [1.54, 1.807) is 0 Å². The molecular weight excluding hydrogens is 467 g/mol. The highest BCUT2D eigenvalue weighted by atomic mass is 35.5. The van der Waals surface area contributed by atoms with Crippen LogP contribution in [0, 0.1) is 19.8 Å². The third kappa shape index (κ3) is 5.02. The number of fused-ring (bicyclic) bond motifs is 2. The summed E-state index contributed by atoms with van der Waals surface area (Å²) in [6.45, 7) is 6.93. The van der Waals surface area contributed by atoms with E-state index in [1.807, 2.05) is 6.07 Å². The highest BCUT2D eigenvalue weighted by Crippen LogP contribution is 2.32. The molecule has 5 rings (SSSR count). The number of benzene rings is 2. The Hall–Kier alpha value is -1.50. The summed E-state index contributed by atoms with van der Waals surface area (Å²) < 4.78 is 2.25. The molecule has 3 atom stereocenters. The molecule has 0 saturated carbocycles. The molecule has 0 bridgehead atoms. The van der Waals surface area contributed by atoms with E-state index in [-0.39, 0.29) is 49.4 Å². The number of aliphatic hydroxyl groups excluding tert-OH is 1. The Bertz CT molecular complexity index is 1070. The second-order valence-corrected chi connectivity index (χ2v) is 9.01. The van der Waals surface area contributed by atoms with E-state index in [1.165, 1.54) is 16.7 Å². The van der Waals surface area contributed by atoms with Gasteiger partial charge in [0, 0.05) is 25.3 Å². The number of imidazole rings is 1. The summed E-state index contributed by atoms with van der Waals surface area (Å²) in [5.41, 5.74) is 13.0. The maximum Gasteiger partial charge on any atom is 0.107 e. The summed E-state index contributed by atoms with van der Waals surface area (Å²) in [4.78, 5) is 7.19. The van der Waals surface area contributed by atoms with Crippen LogP contribution in [-0.4, -0.2) is 45.3 Å². The van der Waals surface area contributed by atoms with Gasteiger partial charge in [0.1, 0.15) is 5.82 Å². The molecule has 2 aliphatic rings. The summed E-state index contributed by atoms with van der Waals surface area (Å²) in [5, 5.41) is 11.0. The number of anilines is 1. The molecule has 2 aromatic carbocycles. The lowest BCUT2D eigenvalue weighted by Crippen LogP contribution is -2.46. The Morgan fingerprint density at radius 1 is 1.03 bits per heavy atom. The molecule has 2 heterocycles. The van der Waals surface area contributed by atoms with Gasteiger partial charge in [-0.25, -0.2) is 4.98 Å². The van der Waals surface area contributed by atoms with Crippen LogP contribution in [-0.2, 0) is 12.8 Å². The van der Waals surface area contributed by atoms with Crippen LogP contribution in [0.5, 0.6) is 0 Å². The number of piperidine rings is 1. The standard InChI is InChI=1S/C24H30N4O.3ClH/c1-15-3-6-22-21(9-15)26-16(2)28(22)23-7-8-27(14-24(23)29)13-17-10-18-4-5-20(25)12-19(18)11-17;;;/h3-6,9,12,17,23-24,29H,7-8,10-11,13-14,25H2,1-2H3;3*1H. The second-order valence-electron chi connectivity index (χ2n) is 9.01. The van der Waals surface area contributed by atoms with Gasteiger partial charge in [-0.15, -0.1) is 37.2 Å². The van der Waals surface area contributed by atoms with Crippen LogP contribution >= 0.6 is 37.2 Å². The van der Waals surface area contributed by atoms with Crippen molar-refractivity contribution >= 4 is 53.9 Å². The van der Waals surface area contributed by atoms with Crippen LogP contribution in [0.2, 0.25) is 0 Å². The van der Waals surface area contributed by atoms with Gasteiger partial charge in [0.05, 0.1) is 23.2 Å². The Kier molecular flexibility index (Phi) is 8.88. The lowest BCUT2D eigenvalue weighted by Gasteiger charge is -2.38. The molecule has 0 spiro atoms. The Morgan fingerprint density at radius 3 is 2.53 bits per heavy atom. The van der Waals surface area contributed by atoms with Crippen LogP contribution in [0.1, 0.15) is 35.0 Å². The fraction of sp³-hybridized carbons (Fsp3) is 0.458. The minimum atomic E-state index is -0.374. The van der Waals surface area contributed by atoms with Crippen molar-refractivity contribution in [2.45, 2.75) is 45.3 Å². The van der Waals surface area contributed by atoms with Gasteiger partial charge in [-0.3, -0.25) is 0 Å². The van der Waals surface area contributed by atoms with Crippen LogP contribution < -0.4 is 5.73 Å².